The van der Waals surface area contributed by atoms with Crippen LogP contribution >= 0.6 is 11.3 Å². The van der Waals surface area contributed by atoms with Crippen molar-refractivity contribution in [3.05, 3.63) is 116 Å². The number of hydrogen-bond acceptors (Lipinski definition) is 6. The zero-order valence-corrected chi connectivity index (χ0v) is 26.6. The van der Waals surface area contributed by atoms with Crippen LogP contribution < -0.4 is 10.6 Å². The predicted molar refractivity (Wildman–Crippen MR) is 170 cm³/mol. The molecular weight excluding hydrogens is 618 g/mol. The zero-order valence-electron chi connectivity index (χ0n) is 25.7. The van der Waals surface area contributed by atoms with Gasteiger partial charge in [-0.3, -0.25) is 14.6 Å². The van der Waals surface area contributed by atoms with Gasteiger partial charge >= 0.3 is 6.18 Å². The van der Waals surface area contributed by atoms with E-state index in [2.05, 4.69) is 39.7 Å². The molecule has 2 N–H and O–H groups in total. The lowest BCUT2D eigenvalue weighted by atomic mass is 10.0. The number of carbonyl (C=O) groups excluding carboxylic acids is 2. The molecule has 1 aliphatic rings. The Morgan fingerprint density at radius 2 is 1.76 bits per heavy atom. The van der Waals surface area contributed by atoms with Crippen LogP contribution in [0.1, 0.15) is 79.0 Å². The summed E-state index contributed by atoms with van der Waals surface area (Å²) in [5, 5.41) is 8.60. The third kappa shape index (κ3) is 9.92. The number of hydrogen-bond donors (Lipinski definition) is 2. The SMILES string of the molecule is Cc1ccccc1.Cc1csc(C2CCCN2C(=O)c2cc(CF)cc(C(=O)NCCCNCc3cncc(C(F)(F)F)c3)c2)n1. The van der Waals surface area contributed by atoms with Crippen molar-refractivity contribution in [1.82, 2.24) is 25.5 Å². The lowest BCUT2D eigenvalue weighted by molar-refractivity contribution is -0.137. The van der Waals surface area contributed by atoms with Gasteiger partial charge in [-0.15, -0.1) is 11.3 Å². The zero-order chi connectivity index (χ0) is 33.1. The van der Waals surface area contributed by atoms with Crippen LogP contribution in [0.2, 0.25) is 0 Å². The highest BCUT2D eigenvalue weighted by atomic mass is 32.1. The first-order valence-corrected chi connectivity index (χ1v) is 15.9. The number of thiazole rings is 1. The van der Waals surface area contributed by atoms with Crippen LogP contribution in [0, 0.1) is 13.8 Å². The van der Waals surface area contributed by atoms with E-state index in [9.17, 15) is 27.2 Å². The van der Waals surface area contributed by atoms with Crippen LogP contribution in [-0.2, 0) is 19.4 Å². The molecular formula is C34H37F4N5O2S. The Morgan fingerprint density at radius 1 is 1.00 bits per heavy atom. The maximum absolute atomic E-state index is 13.6. The van der Waals surface area contributed by atoms with Gasteiger partial charge < -0.3 is 15.5 Å². The molecule has 1 saturated heterocycles. The van der Waals surface area contributed by atoms with Gasteiger partial charge in [0.15, 0.2) is 0 Å². The van der Waals surface area contributed by atoms with E-state index in [0.29, 0.717) is 25.1 Å². The molecule has 1 atom stereocenters. The largest absolute Gasteiger partial charge is 0.417 e. The number of likely N-dealkylation sites (tertiary alicyclic amines) is 1. The summed E-state index contributed by atoms with van der Waals surface area (Å²) in [6.45, 7) is 4.66. The molecule has 0 radical (unpaired) electrons. The van der Waals surface area contributed by atoms with Crippen LogP contribution in [0.3, 0.4) is 0 Å². The number of alkyl halides is 4. The Bertz CT molecular complexity index is 1600. The standard InChI is InChI=1S/C27H29F4N5O2S.C7H8/c1-17-16-39-25(35-17)23-4-2-7-36(23)26(38)21-9-18(12-28)8-20(11-21)24(37)34-6-3-5-32-13-19-10-22(15-33-14-19)27(29,30)31;1-7-5-3-2-4-6-7/h8-11,14-16,23,32H,2-7,12-13H2,1H3,(H,34,37);2-6H,1H3. The molecule has 5 rings (SSSR count). The number of halogens is 4. The van der Waals surface area contributed by atoms with Crippen molar-refractivity contribution in [3.8, 4) is 0 Å². The fourth-order valence-corrected chi connectivity index (χ4v) is 5.95. The smallest absolute Gasteiger partial charge is 0.352 e. The van der Waals surface area contributed by atoms with Gasteiger partial charge in [-0.1, -0.05) is 35.9 Å². The second-order valence-corrected chi connectivity index (χ2v) is 11.9. The van der Waals surface area contributed by atoms with Gasteiger partial charge in [-0.2, -0.15) is 13.2 Å². The fourth-order valence-electron chi connectivity index (χ4n) is 5.01. The number of aryl methyl sites for hydroxylation is 2. The van der Waals surface area contributed by atoms with E-state index >= 15 is 0 Å². The summed E-state index contributed by atoms with van der Waals surface area (Å²) in [4.78, 5) is 36.1. The van der Waals surface area contributed by atoms with Gasteiger partial charge in [0.05, 0.1) is 11.6 Å². The first-order valence-electron chi connectivity index (χ1n) is 15.0. The molecule has 4 aromatic rings. The number of nitrogens with zero attached hydrogens (tertiary/aromatic N) is 3. The molecule has 0 aliphatic carbocycles. The third-order valence-corrected chi connectivity index (χ3v) is 8.36. The molecule has 2 amide bonds. The number of nitrogens with one attached hydrogen (secondary N) is 2. The lowest BCUT2D eigenvalue weighted by Crippen LogP contribution is -2.31. The minimum absolute atomic E-state index is 0.137. The predicted octanol–water partition coefficient (Wildman–Crippen LogP) is 7.22. The third-order valence-electron chi connectivity index (χ3n) is 7.30. The van der Waals surface area contributed by atoms with E-state index in [-0.39, 0.29) is 41.7 Å². The Kier molecular flexibility index (Phi) is 12.4. The van der Waals surface area contributed by atoms with E-state index in [1.165, 1.54) is 41.3 Å². The number of carbonyl (C=O) groups is 2. The molecule has 2 aromatic carbocycles. The quantitative estimate of drug-likeness (QED) is 0.139. The maximum atomic E-state index is 13.6. The molecule has 7 nitrogen and oxygen atoms in total. The molecule has 0 saturated carbocycles. The molecule has 1 aliphatic heterocycles. The minimum atomic E-state index is -4.45. The normalized spacial score (nSPS) is 14.5. The van der Waals surface area contributed by atoms with Gasteiger partial charge in [0.1, 0.15) is 11.7 Å². The first-order chi connectivity index (χ1) is 22.0. The van der Waals surface area contributed by atoms with Crippen LogP contribution in [0.25, 0.3) is 0 Å². The second kappa shape index (κ2) is 16.4. The number of benzene rings is 2. The Hall–Kier alpha value is -4.16. The van der Waals surface area contributed by atoms with E-state index < -0.39 is 24.3 Å². The van der Waals surface area contributed by atoms with Crippen LogP contribution in [-0.4, -0.2) is 46.3 Å². The summed E-state index contributed by atoms with van der Waals surface area (Å²) >= 11 is 1.51. The first kappa shape index (κ1) is 34.7. The monoisotopic (exact) mass is 655 g/mol. The van der Waals surface area contributed by atoms with Crippen LogP contribution in [0.4, 0.5) is 17.6 Å². The second-order valence-electron chi connectivity index (χ2n) is 11.1. The highest BCUT2D eigenvalue weighted by molar-refractivity contribution is 7.09. The average molecular weight is 656 g/mol. The molecule has 244 valence electrons. The van der Waals surface area contributed by atoms with Crippen molar-refractivity contribution >= 4 is 23.2 Å². The van der Waals surface area contributed by atoms with Crippen molar-refractivity contribution in [2.75, 3.05) is 19.6 Å². The van der Waals surface area contributed by atoms with Crippen molar-refractivity contribution < 1.29 is 27.2 Å². The topological polar surface area (TPSA) is 87.2 Å². The van der Waals surface area contributed by atoms with E-state index in [1.807, 2.05) is 30.5 Å². The van der Waals surface area contributed by atoms with E-state index in [0.717, 1.165) is 35.8 Å². The van der Waals surface area contributed by atoms with Crippen molar-refractivity contribution in [2.24, 2.45) is 0 Å². The van der Waals surface area contributed by atoms with Gasteiger partial charge in [0, 0.05) is 54.2 Å². The van der Waals surface area contributed by atoms with Crippen molar-refractivity contribution in [2.45, 2.75) is 58.5 Å². The van der Waals surface area contributed by atoms with Crippen molar-refractivity contribution in [3.63, 3.8) is 0 Å². The Labute approximate surface area is 270 Å². The molecule has 12 heteroatoms. The van der Waals surface area contributed by atoms with Crippen molar-refractivity contribution in [1.29, 1.82) is 0 Å². The summed E-state index contributed by atoms with van der Waals surface area (Å²) in [6.07, 6.45) is -0.163. The number of rotatable bonds is 10. The van der Waals surface area contributed by atoms with Gasteiger partial charge in [-0.25, -0.2) is 9.37 Å². The summed E-state index contributed by atoms with van der Waals surface area (Å²) in [5.41, 5.74) is 2.51. The molecule has 1 fully saturated rings. The lowest BCUT2D eigenvalue weighted by Gasteiger charge is -2.23. The summed E-state index contributed by atoms with van der Waals surface area (Å²) < 4.78 is 52.0. The fraction of sp³-hybridized carbons (Fsp3) is 0.353. The maximum Gasteiger partial charge on any atom is 0.417 e. The molecule has 2 aromatic heterocycles. The Morgan fingerprint density at radius 3 is 2.41 bits per heavy atom. The number of pyridine rings is 1. The van der Waals surface area contributed by atoms with Crippen LogP contribution in [0.15, 0.2) is 72.4 Å². The number of aromatic nitrogens is 2. The van der Waals surface area contributed by atoms with Gasteiger partial charge in [-0.05, 0) is 75.0 Å². The summed E-state index contributed by atoms with van der Waals surface area (Å²) in [6, 6.07) is 15.6. The Balaban J connectivity index is 0.000000606. The molecule has 0 spiro atoms. The number of amides is 2. The summed E-state index contributed by atoms with van der Waals surface area (Å²) in [7, 11) is 0. The van der Waals surface area contributed by atoms with Gasteiger partial charge in [0.2, 0.25) is 0 Å². The van der Waals surface area contributed by atoms with E-state index in [1.54, 1.807) is 4.90 Å². The summed E-state index contributed by atoms with van der Waals surface area (Å²) in [5.74, 6) is -0.696. The minimum Gasteiger partial charge on any atom is -0.352 e. The molecule has 3 heterocycles. The average Bonchev–Trinajstić information content (AvgIpc) is 3.71. The van der Waals surface area contributed by atoms with Crippen LogP contribution in [0.5, 0.6) is 0 Å². The van der Waals surface area contributed by atoms with E-state index in [4.69, 9.17) is 0 Å². The molecule has 46 heavy (non-hydrogen) atoms. The molecule has 1 unspecified atom stereocenters. The van der Waals surface area contributed by atoms with Gasteiger partial charge in [0.25, 0.3) is 11.8 Å². The highest BCUT2D eigenvalue weighted by Gasteiger charge is 2.33. The highest BCUT2D eigenvalue weighted by Crippen LogP contribution is 2.35. The molecule has 0 bridgehead atoms.